The largest absolute Gasteiger partial charge is 0.399 e. The van der Waals surface area contributed by atoms with Crippen LogP contribution in [0.4, 0.5) is 5.69 Å². The SMILES string of the molecule is CC1OCCC1(C)n1nnnc1-c1cc(N)cc(Br)c1. The van der Waals surface area contributed by atoms with Crippen LogP contribution in [0.15, 0.2) is 22.7 Å². The van der Waals surface area contributed by atoms with E-state index >= 15 is 0 Å². The van der Waals surface area contributed by atoms with Gasteiger partial charge in [-0.05, 0) is 48.9 Å². The van der Waals surface area contributed by atoms with Crippen molar-refractivity contribution in [1.29, 1.82) is 0 Å². The molecule has 7 heteroatoms. The highest BCUT2D eigenvalue weighted by Gasteiger charge is 2.41. The van der Waals surface area contributed by atoms with Crippen molar-refractivity contribution in [3.8, 4) is 11.4 Å². The van der Waals surface area contributed by atoms with Crippen molar-refractivity contribution in [3.63, 3.8) is 0 Å². The number of halogens is 1. The number of tetrazole rings is 1. The van der Waals surface area contributed by atoms with E-state index < -0.39 is 0 Å². The minimum atomic E-state index is -0.240. The van der Waals surface area contributed by atoms with Crippen molar-refractivity contribution in [2.24, 2.45) is 0 Å². The third kappa shape index (κ3) is 2.10. The third-order valence-corrected chi connectivity index (χ3v) is 4.44. The molecular weight excluding hydrogens is 322 g/mol. The minimum Gasteiger partial charge on any atom is -0.399 e. The smallest absolute Gasteiger partial charge is 0.182 e. The first-order valence-electron chi connectivity index (χ1n) is 6.47. The first-order chi connectivity index (χ1) is 9.50. The second-order valence-corrected chi connectivity index (χ2v) is 6.22. The van der Waals surface area contributed by atoms with Crippen LogP contribution in [0, 0.1) is 0 Å². The first-order valence-corrected chi connectivity index (χ1v) is 7.27. The number of benzene rings is 1. The molecule has 2 N–H and O–H groups in total. The zero-order valence-electron chi connectivity index (χ0n) is 11.4. The number of anilines is 1. The van der Waals surface area contributed by atoms with Gasteiger partial charge < -0.3 is 10.5 Å². The minimum absolute atomic E-state index is 0.0641. The van der Waals surface area contributed by atoms with Crippen LogP contribution in [-0.4, -0.2) is 32.9 Å². The Bertz CT molecular complexity index is 623. The lowest BCUT2D eigenvalue weighted by Gasteiger charge is -2.28. The van der Waals surface area contributed by atoms with Crippen LogP contribution < -0.4 is 5.73 Å². The molecule has 1 saturated heterocycles. The van der Waals surface area contributed by atoms with E-state index in [0.29, 0.717) is 11.5 Å². The van der Waals surface area contributed by atoms with Crippen molar-refractivity contribution in [2.45, 2.75) is 31.9 Å². The van der Waals surface area contributed by atoms with Gasteiger partial charge in [0.25, 0.3) is 0 Å². The maximum absolute atomic E-state index is 5.90. The summed E-state index contributed by atoms with van der Waals surface area (Å²) in [4.78, 5) is 0. The lowest BCUT2D eigenvalue weighted by molar-refractivity contribution is 0.0706. The normalized spacial score (nSPS) is 26.1. The van der Waals surface area contributed by atoms with E-state index in [2.05, 4.69) is 38.4 Å². The number of nitrogens with two attached hydrogens (primary N) is 1. The highest BCUT2D eigenvalue weighted by Crippen LogP contribution is 2.35. The molecule has 106 valence electrons. The van der Waals surface area contributed by atoms with Crippen LogP contribution in [0.1, 0.15) is 20.3 Å². The van der Waals surface area contributed by atoms with E-state index in [0.717, 1.165) is 23.1 Å². The molecule has 1 aliphatic rings. The van der Waals surface area contributed by atoms with Crippen molar-refractivity contribution in [2.75, 3.05) is 12.3 Å². The van der Waals surface area contributed by atoms with Gasteiger partial charge in [0.1, 0.15) is 0 Å². The third-order valence-electron chi connectivity index (χ3n) is 3.98. The Morgan fingerprint density at radius 2 is 2.25 bits per heavy atom. The molecule has 3 rings (SSSR count). The molecule has 6 nitrogen and oxygen atoms in total. The summed E-state index contributed by atoms with van der Waals surface area (Å²) in [6, 6.07) is 5.68. The molecule has 1 aromatic carbocycles. The molecule has 20 heavy (non-hydrogen) atoms. The Morgan fingerprint density at radius 3 is 2.90 bits per heavy atom. The predicted molar refractivity (Wildman–Crippen MR) is 79.0 cm³/mol. The molecule has 0 aliphatic carbocycles. The van der Waals surface area contributed by atoms with Gasteiger partial charge in [0.05, 0.1) is 11.6 Å². The fraction of sp³-hybridized carbons (Fsp3) is 0.462. The summed E-state index contributed by atoms with van der Waals surface area (Å²) >= 11 is 3.45. The van der Waals surface area contributed by atoms with E-state index in [4.69, 9.17) is 10.5 Å². The standard InChI is InChI=1S/C13H16BrN5O/c1-8-13(2,3-4-20-8)19-12(16-17-18-19)9-5-10(14)7-11(15)6-9/h5-8H,3-4,15H2,1-2H3. The number of hydrogen-bond acceptors (Lipinski definition) is 5. The monoisotopic (exact) mass is 337 g/mol. The topological polar surface area (TPSA) is 78.8 Å². The molecule has 2 atom stereocenters. The Labute approximate surface area is 125 Å². The average molecular weight is 338 g/mol. The van der Waals surface area contributed by atoms with Gasteiger partial charge >= 0.3 is 0 Å². The summed E-state index contributed by atoms with van der Waals surface area (Å²) in [5.74, 6) is 0.706. The molecule has 1 aliphatic heterocycles. The van der Waals surface area contributed by atoms with Crippen LogP contribution in [0.2, 0.25) is 0 Å². The van der Waals surface area contributed by atoms with Gasteiger partial charge in [-0.25, -0.2) is 4.68 Å². The molecule has 0 radical (unpaired) electrons. The van der Waals surface area contributed by atoms with Gasteiger partial charge in [0, 0.05) is 22.3 Å². The molecule has 0 bridgehead atoms. The van der Waals surface area contributed by atoms with Gasteiger partial charge in [-0.15, -0.1) is 5.10 Å². The van der Waals surface area contributed by atoms with Gasteiger partial charge in [-0.2, -0.15) is 0 Å². The summed E-state index contributed by atoms with van der Waals surface area (Å²) in [5, 5.41) is 12.2. The summed E-state index contributed by atoms with van der Waals surface area (Å²) in [7, 11) is 0. The van der Waals surface area contributed by atoms with Gasteiger partial charge in [-0.1, -0.05) is 15.9 Å². The number of aromatic nitrogens is 4. The Balaban J connectivity index is 2.10. The van der Waals surface area contributed by atoms with Crippen LogP contribution in [0.3, 0.4) is 0 Å². The number of rotatable bonds is 2. The predicted octanol–water partition coefficient (Wildman–Crippen LogP) is 2.21. The van der Waals surface area contributed by atoms with E-state index in [1.807, 2.05) is 29.8 Å². The highest BCUT2D eigenvalue weighted by molar-refractivity contribution is 9.10. The maximum Gasteiger partial charge on any atom is 0.182 e. The van der Waals surface area contributed by atoms with Crippen LogP contribution in [0.25, 0.3) is 11.4 Å². The summed E-state index contributed by atoms with van der Waals surface area (Å²) in [5.41, 5.74) is 7.22. The van der Waals surface area contributed by atoms with E-state index in [1.165, 1.54) is 0 Å². The second-order valence-electron chi connectivity index (χ2n) is 5.31. The van der Waals surface area contributed by atoms with Crippen LogP contribution >= 0.6 is 15.9 Å². The van der Waals surface area contributed by atoms with E-state index in [9.17, 15) is 0 Å². The molecule has 2 heterocycles. The fourth-order valence-electron chi connectivity index (χ4n) is 2.56. The lowest BCUT2D eigenvalue weighted by Crippen LogP contribution is -2.38. The van der Waals surface area contributed by atoms with Gasteiger partial charge in [-0.3, -0.25) is 0 Å². The Morgan fingerprint density at radius 1 is 1.45 bits per heavy atom. The van der Waals surface area contributed by atoms with Crippen molar-refractivity contribution in [1.82, 2.24) is 20.2 Å². The number of nitrogen functional groups attached to an aromatic ring is 1. The molecule has 0 amide bonds. The molecule has 0 saturated carbocycles. The molecule has 2 aromatic rings. The van der Waals surface area contributed by atoms with E-state index in [-0.39, 0.29) is 11.6 Å². The average Bonchev–Trinajstić information content (AvgIpc) is 2.97. The molecule has 2 unspecified atom stereocenters. The molecular formula is C13H16BrN5O. The number of nitrogens with zero attached hydrogens (tertiary/aromatic N) is 4. The fourth-order valence-corrected chi connectivity index (χ4v) is 3.07. The van der Waals surface area contributed by atoms with Crippen LogP contribution in [0.5, 0.6) is 0 Å². The number of ether oxygens (including phenoxy) is 1. The van der Waals surface area contributed by atoms with Crippen LogP contribution in [-0.2, 0) is 10.3 Å². The highest BCUT2D eigenvalue weighted by atomic mass is 79.9. The van der Waals surface area contributed by atoms with Crippen molar-refractivity contribution >= 4 is 21.6 Å². The summed E-state index contributed by atoms with van der Waals surface area (Å²) < 4.78 is 8.44. The van der Waals surface area contributed by atoms with E-state index in [1.54, 1.807) is 0 Å². The zero-order valence-corrected chi connectivity index (χ0v) is 13.0. The van der Waals surface area contributed by atoms with Gasteiger partial charge in [0.2, 0.25) is 0 Å². The number of hydrogen-bond donors (Lipinski definition) is 1. The Kier molecular flexibility index (Phi) is 3.25. The molecule has 0 spiro atoms. The zero-order chi connectivity index (χ0) is 14.3. The summed E-state index contributed by atoms with van der Waals surface area (Å²) in [6.45, 7) is 4.89. The second kappa shape index (κ2) is 4.82. The molecule has 1 fully saturated rings. The first kappa shape index (κ1) is 13.5. The lowest BCUT2D eigenvalue weighted by atomic mass is 9.94. The quantitative estimate of drug-likeness (QED) is 0.850. The maximum atomic E-state index is 5.90. The Hall–Kier alpha value is -1.47. The van der Waals surface area contributed by atoms with Crippen molar-refractivity contribution < 1.29 is 4.74 Å². The van der Waals surface area contributed by atoms with Gasteiger partial charge in [0.15, 0.2) is 5.82 Å². The molecule has 1 aromatic heterocycles. The summed E-state index contributed by atoms with van der Waals surface area (Å²) in [6.07, 6.45) is 0.949. The van der Waals surface area contributed by atoms with Crippen molar-refractivity contribution in [3.05, 3.63) is 22.7 Å².